The van der Waals surface area contributed by atoms with E-state index in [9.17, 15) is 9.59 Å². The van der Waals surface area contributed by atoms with Gasteiger partial charge in [0.2, 0.25) is 5.78 Å². The van der Waals surface area contributed by atoms with Crippen molar-refractivity contribution < 1.29 is 9.59 Å². The van der Waals surface area contributed by atoms with E-state index in [0.29, 0.717) is 22.9 Å². The summed E-state index contributed by atoms with van der Waals surface area (Å²) in [6.45, 7) is 1.50. The molecule has 0 aliphatic carbocycles. The highest BCUT2D eigenvalue weighted by molar-refractivity contribution is 6.12. The van der Waals surface area contributed by atoms with Crippen LogP contribution in [0.2, 0.25) is 0 Å². The van der Waals surface area contributed by atoms with Crippen LogP contribution in [0, 0.1) is 0 Å². The molecule has 1 saturated heterocycles. The summed E-state index contributed by atoms with van der Waals surface area (Å²) < 4.78 is 0. The van der Waals surface area contributed by atoms with Gasteiger partial charge in [0.15, 0.2) is 0 Å². The maximum absolute atomic E-state index is 12.8. The first kappa shape index (κ1) is 17.3. The predicted octanol–water partition coefficient (Wildman–Crippen LogP) is 1.48. The summed E-state index contributed by atoms with van der Waals surface area (Å²) in [6, 6.07) is 7.59. The van der Waals surface area contributed by atoms with Crippen molar-refractivity contribution in [3.05, 3.63) is 47.3 Å². The van der Waals surface area contributed by atoms with Gasteiger partial charge < -0.3 is 20.5 Å². The minimum atomic E-state index is -0.237. The molecule has 3 heterocycles. The Morgan fingerprint density at radius 1 is 1.30 bits per heavy atom. The molecule has 0 radical (unpaired) electrons. The number of carbonyl (C=O) groups excluding carboxylic acids is 2. The second-order valence-electron chi connectivity index (χ2n) is 7.17. The third-order valence-corrected chi connectivity index (χ3v) is 5.21. The first-order valence-electron chi connectivity index (χ1n) is 8.86. The molecule has 1 atom stereocenters. The average molecular weight is 366 g/mol. The monoisotopic (exact) mass is 366 g/mol. The first-order chi connectivity index (χ1) is 12.9. The van der Waals surface area contributed by atoms with Crippen LogP contribution < -0.4 is 5.73 Å². The number of H-pyrrole nitrogens is 2. The number of nitrogen functional groups attached to an aromatic ring is 1. The van der Waals surface area contributed by atoms with Gasteiger partial charge in [-0.15, -0.1) is 0 Å². The van der Waals surface area contributed by atoms with Crippen LogP contribution in [0.25, 0.3) is 10.9 Å². The Labute approximate surface area is 156 Å². The van der Waals surface area contributed by atoms with Gasteiger partial charge in [0.1, 0.15) is 5.82 Å². The van der Waals surface area contributed by atoms with Crippen molar-refractivity contribution in [2.75, 3.05) is 32.9 Å². The smallest absolute Gasteiger partial charge is 0.253 e. The number of hydrogen-bond acceptors (Lipinski definition) is 5. The summed E-state index contributed by atoms with van der Waals surface area (Å²) in [7, 11) is 4.08. The van der Waals surface area contributed by atoms with E-state index >= 15 is 0 Å². The molecule has 0 bridgehead atoms. The third-order valence-electron chi connectivity index (χ3n) is 5.21. The van der Waals surface area contributed by atoms with Gasteiger partial charge in [-0.1, -0.05) is 0 Å². The van der Waals surface area contributed by atoms with Crippen molar-refractivity contribution in [1.29, 1.82) is 0 Å². The number of rotatable bonds is 4. The zero-order valence-electron chi connectivity index (χ0n) is 15.3. The van der Waals surface area contributed by atoms with E-state index in [0.717, 1.165) is 30.4 Å². The molecule has 4 rings (SSSR count). The topological polar surface area (TPSA) is 111 Å². The fourth-order valence-corrected chi connectivity index (χ4v) is 3.54. The minimum Gasteiger partial charge on any atom is -0.383 e. The predicted molar refractivity (Wildman–Crippen MR) is 103 cm³/mol. The molecule has 2 aromatic heterocycles. The Hall–Kier alpha value is -3.13. The molecule has 1 fully saturated rings. The zero-order valence-corrected chi connectivity index (χ0v) is 15.3. The number of ketones is 1. The van der Waals surface area contributed by atoms with E-state index in [4.69, 9.17) is 5.73 Å². The van der Waals surface area contributed by atoms with Crippen LogP contribution in [0.4, 0.5) is 5.82 Å². The molecule has 0 spiro atoms. The number of likely N-dealkylation sites (tertiary alicyclic amines) is 1. The van der Waals surface area contributed by atoms with Crippen molar-refractivity contribution in [3.63, 3.8) is 0 Å². The Bertz CT molecular complexity index is 1020. The number of aromatic nitrogens is 3. The number of nitrogens with one attached hydrogen (secondary N) is 2. The summed E-state index contributed by atoms with van der Waals surface area (Å²) in [6.07, 6.45) is 2.39. The third kappa shape index (κ3) is 3.08. The van der Waals surface area contributed by atoms with Crippen LogP contribution in [-0.4, -0.2) is 69.9 Å². The molecular weight excluding hydrogens is 344 g/mol. The fourth-order valence-electron chi connectivity index (χ4n) is 3.54. The molecule has 4 N–H and O–H groups in total. The highest BCUT2D eigenvalue weighted by Crippen LogP contribution is 2.23. The van der Waals surface area contributed by atoms with Gasteiger partial charge in [0, 0.05) is 35.6 Å². The Morgan fingerprint density at radius 3 is 2.78 bits per heavy atom. The average Bonchev–Trinajstić information content (AvgIpc) is 3.38. The van der Waals surface area contributed by atoms with Crippen molar-refractivity contribution in [2.24, 2.45) is 0 Å². The molecule has 1 unspecified atom stereocenters. The van der Waals surface area contributed by atoms with Crippen molar-refractivity contribution in [2.45, 2.75) is 12.5 Å². The lowest BCUT2D eigenvalue weighted by atomic mass is 10.1. The lowest BCUT2D eigenvalue weighted by Crippen LogP contribution is -2.34. The molecule has 140 valence electrons. The number of hydrogen-bond donors (Lipinski definition) is 3. The van der Waals surface area contributed by atoms with Crippen LogP contribution in [0.5, 0.6) is 0 Å². The number of fused-ring (bicyclic) bond motifs is 1. The Morgan fingerprint density at radius 2 is 2.11 bits per heavy atom. The van der Waals surface area contributed by atoms with Gasteiger partial charge in [0.05, 0.1) is 17.5 Å². The number of likely N-dealkylation sites (N-methyl/N-ethyl adjacent to an activating group) is 1. The van der Waals surface area contributed by atoms with E-state index < -0.39 is 0 Å². The van der Waals surface area contributed by atoms with Gasteiger partial charge in [-0.3, -0.25) is 14.7 Å². The molecule has 8 heteroatoms. The number of nitrogens with zero attached hydrogens (tertiary/aromatic N) is 3. The maximum atomic E-state index is 12.8. The van der Waals surface area contributed by atoms with E-state index in [1.54, 1.807) is 12.1 Å². The second kappa shape index (κ2) is 6.55. The summed E-state index contributed by atoms with van der Waals surface area (Å²) in [5, 5.41) is 7.16. The fraction of sp³-hybridized carbons (Fsp3) is 0.316. The van der Waals surface area contributed by atoms with Crippen LogP contribution in [0.1, 0.15) is 32.8 Å². The largest absolute Gasteiger partial charge is 0.383 e. The number of carbonyl (C=O) groups is 2. The van der Waals surface area contributed by atoms with Crippen LogP contribution >= 0.6 is 0 Å². The molecule has 1 aromatic carbocycles. The van der Waals surface area contributed by atoms with Gasteiger partial charge in [-0.25, -0.2) is 0 Å². The Kier molecular flexibility index (Phi) is 4.19. The number of aromatic amines is 2. The minimum absolute atomic E-state index is 0.0226. The second-order valence-corrected chi connectivity index (χ2v) is 7.17. The van der Waals surface area contributed by atoms with Crippen molar-refractivity contribution in [3.8, 4) is 0 Å². The SMILES string of the molecule is CN(C)C1CCN(C(=O)c2ccc3[nH]c(C(=O)c4cn[nH]c4N)cc3c2)C1. The molecule has 0 saturated carbocycles. The van der Waals surface area contributed by atoms with E-state index in [1.807, 2.05) is 31.1 Å². The van der Waals surface area contributed by atoms with Crippen LogP contribution in [0.3, 0.4) is 0 Å². The van der Waals surface area contributed by atoms with Crippen molar-refractivity contribution in [1.82, 2.24) is 25.0 Å². The Balaban J connectivity index is 1.59. The maximum Gasteiger partial charge on any atom is 0.253 e. The molecule has 1 aliphatic rings. The highest BCUT2D eigenvalue weighted by Gasteiger charge is 2.28. The number of amides is 1. The molecule has 27 heavy (non-hydrogen) atoms. The number of nitrogens with two attached hydrogens (primary N) is 1. The van der Waals surface area contributed by atoms with Gasteiger partial charge in [-0.05, 0) is 44.8 Å². The lowest BCUT2D eigenvalue weighted by Gasteiger charge is -2.20. The molecule has 8 nitrogen and oxygen atoms in total. The van der Waals surface area contributed by atoms with Crippen molar-refractivity contribution >= 4 is 28.4 Å². The van der Waals surface area contributed by atoms with Crippen LogP contribution in [0.15, 0.2) is 30.5 Å². The number of benzene rings is 1. The summed E-state index contributed by atoms with van der Waals surface area (Å²) in [4.78, 5) is 32.5. The molecule has 3 aromatic rings. The summed E-state index contributed by atoms with van der Waals surface area (Å²) in [5.41, 5.74) is 7.89. The standard InChI is InChI=1S/C19H22N6O2/c1-24(2)13-5-6-25(10-13)19(27)11-3-4-15-12(7-11)8-16(22-15)17(26)14-9-21-23-18(14)20/h3-4,7-9,13,22H,5-6,10H2,1-2H3,(H3,20,21,23). The zero-order chi connectivity index (χ0) is 19.1. The lowest BCUT2D eigenvalue weighted by molar-refractivity contribution is 0.0783. The van der Waals surface area contributed by atoms with E-state index in [-0.39, 0.29) is 17.5 Å². The quantitative estimate of drug-likeness (QED) is 0.606. The normalized spacial score (nSPS) is 17.1. The van der Waals surface area contributed by atoms with Crippen LogP contribution in [-0.2, 0) is 0 Å². The van der Waals surface area contributed by atoms with E-state index in [1.165, 1.54) is 6.20 Å². The van der Waals surface area contributed by atoms with Gasteiger partial charge >= 0.3 is 0 Å². The van der Waals surface area contributed by atoms with E-state index in [2.05, 4.69) is 20.1 Å². The van der Waals surface area contributed by atoms with Gasteiger partial charge in [-0.2, -0.15) is 5.10 Å². The number of anilines is 1. The molecule has 1 aliphatic heterocycles. The molecular formula is C19H22N6O2. The summed E-state index contributed by atoms with van der Waals surface area (Å²) in [5.74, 6) is 0.0205. The summed E-state index contributed by atoms with van der Waals surface area (Å²) >= 11 is 0. The highest BCUT2D eigenvalue weighted by atomic mass is 16.2. The molecule has 1 amide bonds. The first-order valence-corrected chi connectivity index (χ1v) is 8.86. The van der Waals surface area contributed by atoms with Gasteiger partial charge in [0.25, 0.3) is 5.91 Å².